The molecule has 0 unspecified atom stereocenters. The van der Waals surface area contributed by atoms with Crippen molar-refractivity contribution in [2.75, 3.05) is 31.9 Å². The molecule has 11 heteroatoms. The fourth-order valence-corrected chi connectivity index (χ4v) is 6.73. The highest BCUT2D eigenvalue weighted by atomic mass is 32.2. The maximum Gasteiger partial charge on any atom is 0.341 e. The van der Waals surface area contributed by atoms with E-state index in [1.54, 1.807) is 21.1 Å². The first-order valence-electron chi connectivity index (χ1n) is 12.1. The van der Waals surface area contributed by atoms with Crippen LogP contribution in [0.1, 0.15) is 46.1 Å². The minimum absolute atomic E-state index is 0.106. The molecule has 1 aliphatic carbocycles. The van der Waals surface area contributed by atoms with Crippen molar-refractivity contribution in [1.29, 1.82) is 0 Å². The van der Waals surface area contributed by atoms with Gasteiger partial charge < -0.3 is 19.5 Å². The fourth-order valence-electron chi connectivity index (χ4n) is 4.69. The number of ether oxygens (including phenoxy) is 3. The van der Waals surface area contributed by atoms with Gasteiger partial charge in [0.25, 0.3) is 0 Å². The SMILES string of the molecule is CCOC(=O)c1c(NC(=O)CSc2nnc3c(C)cc4cc(OC)c(OC)cc4n23)sc2c1CCCC2. The van der Waals surface area contributed by atoms with E-state index in [4.69, 9.17) is 14.2 Å². The number of carbonyl (C=O) groups excluding carboxylic acids is 2. The Morgan fingerprint density at radius 2 is 1.86 bits per heavy atom. The molecule has 4 aromatic rings. The summed E-state index contributed by atoms with van der Waals surface area (Å²) in [6.45, 7) is 4.04. The Kier molecular flexibility index (Phi) is 7.25. The fraction of sp³-hybridized carbons (Fsp3) is 0.385. The van der Waals surface area contributed by atoms with Crippen LogP contribution in [0.5, 0.6) is 11.5 Å². The van der Waals surface area contributed by atoms with Gasteiger partial charge in [0, 0.05) is 16.3 Å². The number of aromatic nitrogens is 3. The van der Waals surface area contributed by atoms with Crippen LogP contribution in [0.2, 0.25) is 0 Å². The lowest BCUT2D eigenvalue weighted by atomic mass is 9.95. The van der Waals surface area contributed by atoms with Gasteiger partial charge in [0.2, 0.25) is 5.91 Å². The number of thioether (sulfide) groups is 1. The molecule has 0 radical (unpaired) electrons. The van der Waals surface area contributed by atoms with E-state index in [9.17, 15) is 9.59 Å². The van der Waals surface area contributed by atoms with Crippen LogP contribution in [0, 0.1) is 6.92 Å². The molecule has 0 saturated heterocycles. The van der Waals surface area contributed by atoms with Crippen LogP contribution in [0.15, 0.2) is 23.4 Å². The summed E-state index contributed by atoms with van der Waals surface area (Å²) < 4.78 is 18.2. The predicted octanol–water partition coefficient (Wildman–Crippen LogP) is 5.06. The van der Waals surface area contributed by atoms with E-state index in [2.05, 4.69) is 15.5 Å². The Hall–Kier alpha value is -3.31. The molecule has 0 aliphatic heterocycles. The normalized spacial score (nSPS) is 13.0. The Bertz CT molecular complexity index is 1510. The second-order valence-electron chi connectivity index (χ2n) is 8.71. The van der Waals surface area contributed by atoms with Crippen LogP contribution in [-0.2, 0) is 22.4 Å². The summed E-state index contributed by atoms with van der Waals surface area (Å²) in [7, 11) is 3.19. The van der Waals surface area contributed by atoms with E-state index < -0.39 is 0 Å². The molecule has 1 aromatic carbocycles. The second-order valence-corrected chi connectivity index (χ2v) is 10.8. The zero-order chi connectivity index (χ0) is 26.1. The maximum atomic E-state index is 13.0. The van der Waals surface area contributed by atoms with Crippen LogP contribution in [-0.4, -0.2) is 53.1 Å². The second kappa shape index (κ2) is 10.6. The van der Waals surface area contributed by atoms with Crippen molar-refractivity contribution in [2.24, 2.45) is 0 Å². The van der Waals surface area contributed by atoms with Gasteiger partial charge in [0.15, 0.2) is 22.3 Å². The van der Waals surface area contributed by atoms with E-state index in [0.717, 1.165) is 52.6 Å². The number of fused-ring (bicyclic) bond motifs is 4. The summed E-state index contributed by atoms with van der Waals surface area (Å²) in [5.41, 5.74) is 4.04. The Morgan fingerprint density at radius 3 is 2.62 bits per heavy atom. The Morgan fingerprint density at radius 1 is 1.11 bits per heavy atom. The number of hydrogen-bond donors (Lipinski definition) is 1. The van der Waals surface area contributed by atoms with Gasteiger partial charge in [-0.2, -0.15) is 0 Å². The first kappa shape index (κ1) is 25.3. The number of anilines is 1. The Labute approximate surface area is 222 Å². The van der Waals surface area contributed by atoms with Gasteiger partial charge in [-0.05, 0) is 62.8 Å². The monoisotopic (exact) mass is 540 g/mol. The van der Waals surface area contributed by atoms with Crippen molar-refractivity contribution in [3.8, 4) is 11.5 Å². The molecule has 3 aromatic heterocycles. The quantitative estimate of drug-likeness (QED) is 0.244. The third-order valence-electron chi connectivity index (χ3n) is 6.37. The number of amides is 1. The van der Waals surface area contributed by atoms with Gasteiger partial charge in [0.1, 0.15) is 5.00 Å². The van der Waals surface area contributed by atoms with E-state index in [1.807, 2.05) is 29.5 Å². The molecule has 0 spiro atoms. The molecule has 194 valence electrons. The molecule has 3 heterocycles. The zero-order valence-corrected chi connectivity index (χ0v) is 22.8. The number of hydrogen-bond acceptors (Lipinski definition) is 9. The van der Waals surface area contributed by atoms with E-state index in [0.29, 0.717) is 32.9 Å². The van der Waals surface area contributed by atoms with Gasteiger partial charge in [-0.25, -0.2) is 4.79 Å². The van der Waals surface area contributed by atoms with Crippen molar-refractivity contribution in [2.45, 2.75) is 44.7 Å². The molecule has 0 bridgehead atoms. The number of esters is 1. The van der Waals surface area contributed by atoms with Crippen molar-refractivity contribution < 1.29 is 23.8 Å². The number of benzene rings is 1. The first-order chi connectivity index (χ1) is 17.9. The molecule has 37 heavy (non-hydrogen) atoms. The summed E-state index contributed by atoms with van der Waals surface area (Å²) in [4.78, 5) is 26.9. The van der Waals surface area contributed by atoms with Gasteiger partial charge in [0.05, 0.1) is 37.7 Å². The summed E-state index contributed by atoms with van der Waals surface area (Å²) in [5, 5.41) is 13.8. The third kappa shape index (κ3) is 4.73. The van der Waals surface area contributed by atoms with Crippen molar-refractivity contribution in [1.82, 2.24) is 14.6 Å². The molecule has 0 fully saturated rings. The largest absolute Gasteiger partial charge is 0.493 e. The lowest BCUT2D eigenvalue weighted by Gasteiger charge is -2.12. The van der Waals surface area contributed by atoms with Crippen LogP contribution < -0.4 is 14.8 Å². The van der Waals surface area contributed by atoms with Crippen LogP contribution in [0.4, 0.5) is 5.00 Å². The highest BCUT2D eigenvalue weighted by Gasteiger charge is 2.27. The third-order valence-corrected chi connectivity index (χ3v) is 8.50. The smallest absolute Gasteiger partial charge is 0.341 e. The number of nitrogens with zero attached hydrogens (tertiary/aromatic N) is 3. The summed E-state index contributed by atoms with van der Waals surface area (Å²) in [6.07, 6.45) is 3.87. The zero-order valence-electron chi connectivity index (χ0n) is 21.2. The number of aryl methyl sites for hydroxylation is 2. The molecule has 1 aliphatic rings. The highest BCUT2D eigenvalue weighted by Crippen LogP contribution is 2.39. The van der Waals surface area contributed by atoms with Crippen LogP contribution in [0.25, 0.3) is 16.6 Å². The highest BCUT2D eigenvalue weighted by molar-refractivity contribution is 7.99. The van der Waals surface area contributed by atoms with E-state index >= 15 is 0 Å². The minimum atomic E-state index is -0.375. The number of carbonyl (C=O) groups is 2. The van der Waals surface area contributed by atoms with Crippen molar-refractivity contribution in [3.63, 3.8) is 0 Å². The number of thiophene rings is 1. The minimum Gasteiger partial charge on any atom is -0.493 e. The predicted molar refractivity (Wildman–Crippen MR) is 145 cm³/mol. The van der Waals surface area contributed by atoms with E-state index in [-0.39, 0.29) is 24.2 Å². The molecular formula is C26H28N4O5S2. The number of rotatable bonds is 8. The molecule has 1 amide bonds. The maximum absolute atomic E-state index is 13.0. The van der Waals surface area contributed by atoms with Gasteiger partial charge >= 0.3 is 5.97 Å². The van der Waals surface area contributed by atoms with E-state index in [1.165, 1.54) is 23.1 Å². The number of nitrogens with one attached hydrogen (secondary N) is 1. The average Bonchev–Trinajstić information content (AvgIpc) is 3.48. The van der Waals surface area contributed by atoms with Crippen molar-refractivity contribution >= 4 is 56.5 Å². The standard InChI is InChI=1S/C26H28N4O5S2/c1-5-35-25(32)22-16-8-6-7-9-20(16)37-24(22)27-21(31)13-36-26-29-28-23-14(2)10-15-11-18(33-3)19(34-4)12-17(15)30(23)26/h10-12H,5-9,13H2,1-4H3,(H,27,31). The van der Waals surface area contributed by atoms with Gasteiger partial charge in [-0.1, -0.05) is 11.8 Å². The lowest BCUT2D eigenvalue weighted by molar-refractivity contribution is -0.113. The molecule has 0 atom stereocenters. The summed E-state index contributed by atoms with van der Waals surface area (Å²) in [6, 6.07) is 5.82. The lowest BCUT2D eigenvalue weighted by Crippen LogP contribution is -2.17. The van der Waals surface area contributed by atoms with Gasteiger partial charge in [-0.3, -0.25) is 9.20 Å². The first-order valence-corrected chi connectivity index (χ1v) is 13.9. The van der Waals surface area contributed by atoms with Crippen molar-refractivity contribution in [3.05, 3.63) is 39.8 Å². The van der Waals surface area contributed by atoms with Gasteiger partial charge in [-0.15, -0.1) is 21.5 Å². The molecule has 5 rings (SSSR count). The topological polar surface area (TPSA) is 104 Å². The van der Waals surface area contributed by atoms with Crippen LogP contribution >= 0.6 is 23.1 Å². The average molecular weight is 541 g/mol. The number of pyridine rings is 1. The Balaban J connectivity index is 1.42. The molecule has 1 N–H and O–H groups in total. The number of methoxy groups -OCH3 is 2. The summed E-state index contributed by atoms with van der Waals surface area (Å²) >= 11 is 2.76. The van der Waals surface area contributed by atoms with Crippen LogP contribution in [0.3, 0.4) is 0 Å². The molecule has 9 nitrogen and oxygen atoms in total. The molecule has 0 saturated carbocycles. The summed E-state index contributed by atoms with van der Waals surface area (Å²) in [5.74, 6) is 0.734. The molecular weight excluding hydrogens is 512 g/mol.